The van der Waals surface area contributed by atoms with Crippen molar-refractivity contribution < 1.29 is 10.2 Å². The highest BCUT2D eigenvalue weighted by atomic mass is 32.1. The second-order valence-corrected chi connectivity index (χ2v) is 5.74. The largest absolute Gasteiger partial charge is 0.508 e. The van der Waals surface area contributed by atoms with Gasteiger partial charge in [0.2, 0.25) is 0 Å². The summed E-state index contributed by atoms with van der Waals surface area (Å²) in [7, 11) is 0. The average Bonchev–Trinajstić information content (AvgIpc) is 2.70. The van der Waals surface area contributed by atoms with Crippen LogP contribution in [0.3, 0.4) is 0 Å². The lowest BCUT2D eigenvalue weighted by atomic mass is 10.0. The van der Waals surface area contributed by atoms with Gasteiger partial charge < -0.3 is 21.0 Å². The summed E-state index contributed by atoms with van der Waals surface area (Å²) >= 11 is 5.14. The molecule has 0 unspecified atom stereocenters. The van der Waals surface area contributed by atoms with Crippen molar-refractivity contribution in [3.8, 4) is 11.5 Å². The fourth-order valence-electron chi connectivity index (χ4n) is 2.78. The van der Waals surface area contributed by atoms with Crippen LogP contribution in [0.5, 0.6) is 11.5 Å². The molecule has 0 saturated heterocycles. The summed E-state index contributed by atoms with van der Waals surface area (Å²) in [5.74, 6) is 5.72. The standard InChI is InChI=1S/C19H17N3O2S.C2H6/c20-21-19(17-9-8-15(23)10-18(17)24)22(12-25)11-14-6-3-5-13-4-1-2-7-16(13)14;1-2/h1-10,12,23-24H,11,20H2;1-2H3/b21-19-;. The number of thiocarbonyl (C=S) groups is 1. The molecule has 0 aliphatic heterocycles. The molecule has 0 heterocycles. The van der Waals surface area contributed by atoms with Gasteiger partial charge in [-0.25, -0.2) is 0 Å². The van der Waals surface area contributed by atoms with E-state index in [1.165, 1.54) is 17.6 Å². The number of nitrogens with zero attached hydrogens (tertiary/aromatic N) is 2. The number of rotatable bonds is 4. The van der Waals surface area contributed by atoms with E-state index >= 15 is 0 Å². The zero-order chi connectivity index (χ0) is 19.8. The molecule has 0 fully saturated rings. The van der Waals surface area contributed by atoms with Crippen LogP contribution in [0.15, 0.2) is 65.8 Å². The highest BCUT2D eigenvalue weighted by Crippen LogP contribution is 2.26. The average molecular weight is 382 g/mol. The number of phenolic OH excluding ortho intramolecular Hbond substituents is 2. The molecule has 0 aromatic heterocycles. The van der Waals surface area contributed by atoms with E-state index < -0.39 is 0 Å². The maximum absolute atomic E-state index is 10.1. The van der Waals surface area contributed by atoms with Crippen LogP contribution in [0.1, 0.15) is 25.0 Å². The maximum atomic E-state index is 10.1. The van der Waals surface area contributed by atoms with Gasteiger partial charge in [-0.1, -0.05) is 68.5 Å². The first-order valence-corrected chi connectivity index (χ1v) is 9.10. The first-order chi connectivity index (χ1) is 13.1. The molecule has 6 heteroatoms. The van der Waals surface area contributed by atoms with Gasteiger partial charge in [0.1, 0.15) is 11.5 Å². The quantitative estimate of drug-likeness (QED) is 0.206. The normalized spacial score (nSPS) is 10.8. The molecule has 0 bridgehead atoms. The van der Waals surface area contributed by atoms with Gasteiger partial charge in [-0.2, -0.15) is 5.10 Å². The molecule has 27 heavy (non-hydrogen) atoms. The number of hydrogen-bond acceptors (Lipinski definition) is 5. The van der Waals surface area contributed by atoms with Crippen LogP contribution < -0.4 is 5.84 Å². The van der Waals surface area contributed by atoms with Gasteiger partial charge in [0.05, 0.1) is 17.6 Å². The molecule has 0 aliphatic carbocycles. The summed E-state index contributed by atoms with van der Waals surface area (Å²) < 4.78 is 0. The minimum atomic E-state index is -0.121. The van der Waals surface area contributed by atoms with Crippen LogP contribution >= 0.6 is 12.2 Å². The first-order valence-electron chi connectivity index (χ1n) is 8.63. The van der Waals surface area contributed by atoms with Crippen LogP contribution in [0.2, 0.25) is 0 Å². The Hall–Kier alpha value is -3.12. The third-order valence-corrected chi connectivity index (χ3v) is 4.22. The Morgan fingerprint density at radius 2 is 1.78 bits per heavy atom. The molecular formula is C21H23N3O2S. The highest BCUT2D eigenvalue weighted by molar-refractivity contribution is 7.78. The lowest BCUT2D eigenvalue weighted by molar-refractivity contribution is 0.449. The Morgan fingerprint density at radius 1 is 1.07 bits per heavy atom. The van der Waals surface area contributed by atoms with Gasteiger partial charge in [-0.15, -0.1) is 0 Å². The fourth-order valence-corrected chi connectivity index (χ4v) is 2.96. The van der Waals surface area contributed by atoms with Crippen molar-refractivity contribution in [1.29, 1.82) is 0 Å². The summed E-state index contributed by atoms with van der Waals surface area (Å²) in [6.45, 7) is 4.45. The lowest BCUT2D eigenvalue weighted by Crippen LogP contribution is -2.30. The molecule has 3 aromatic carbocycles. The van der Waals surface area contributed by atoms with Gasteiger partial charge in [-0.05, 0) is 28.5 Å². The van der Waals surface area contributed by atoms with E-state index in [4.69, 9.17) is 18.1 Å². The maximum Gasteiger partial charge on any atom is 0.164 e. The van der Waals surface area contributed by atoms with Gasteiger partial charge in [0.15, 0.2) is 5.84 Å². The Balaban J connectivity index is 0.00000126. The molecular weight excluding hydrogens is 358 g/mol. The molecule has 0 radical (unpaired) electrons. The minimum absolute atomic E-state index is 0.0411. The minimum Gasteiger partial charge on any atom is -0.508 e. The highest BCUT2D eigenvalue weighted by Gasteiger charge is 2.17. The number of hydrazone groups is 1. The van der Waals surface area contributed by atoms with Crippen molar-refractivity contribution >= 4 is 34.3 Å². The van der Waals surface area contributed by atoms with E-state index in [0.717, 1.165) is 16.3 Å². The first kappa shape index (κ1) is 20.2. The van der Waals surface area contributed by atoms with E-state index in [-0.39, 0.29) is 11.5 Å². The number of fused-ring (bicyclic) bond motifs is 1. The number of phenols is 2. The predicted molar refractivity (Wildman–Crippen MR) is 115 cm³/mol. The molecule has 5 nitrogen and oxygen atoms in total. The zero-order valence-electron chi connectivity index (χ0n) is 15.3. The molecule has 4 N–H and O–H groups in total. The number of aromatic hydroxyl groups is 2. The van der Waals surface area contributed by atoms with Crippen molar-refractivity contribution in [1.82, 2.24) is 4.90 Å². The van der Waals surface area contributed by atoms with Gasteiger partial charge in [0.25, 0.3) is 0 Å². The molecule has 0 spiro atoms. The molecule has 3 rings (SSSR count). The molecule has 0 aliphatic rings. The van der Waals surface area contributed by atoms with Gasteiger partial charge >= 0.3 is 0 Å². The number of hydrogen-bond donors (Lipinski definition) is 3. The number of benzene rings is 3. The third-order valence-electron chi connectivity index (χ3n) is 3.96. The SMILES string of the molecule is CC.N/N=C(/c1ccc(O)cc1O)N(C=S)Cc1cccc2ccccc12. The Morgan fingerprint density at radius 3 is 2.44 bits per heavy atom. The summed E-state index contributed by atoms with van der Waals surface area (Å²) in [4.78, 5) is 1.68. The third kappa shape index (κ3) is 4.54. The van der Waals surface area contributed by atoms with E-state index in [1.54, 1.807) is 11.0 Å². The number of amidine groups is 1. The summed E-state index contributed by atoms with van der Waals surface area (Å²) in [6, 6.07) is 18.3. The topological polar surface area (TPSA) is 82.1 Å². The second kappa shape index (κ2) is 9.54. The van der Waals surface area contributed by atoms with Crippen LogP contribution in [0.4, 0.5) is 0 Å². The van der Waals surface area contributed by atoms with Crippen LogP contribution in [0.25, 0.3) is 10.8 Å². The van der Waals surface area contributed by atoms with E-state index in [0.29, 0.717) is 17.9 Å². The van der Waals surface area contributed by atoms with Crippen molar-refractivity contribution in [3.63, 3.8) is 0 Å². The van der Waals surface area contributed by atoms with Gasteiger partial charge in [0, 0.05) is 6.07 Å². The van der Waals surface area contributed by atoms with E-state index in [2.05, 4.69) is 5.10 Å². The Bertz CT molecular complexity index is 952. The van der Waals surface area contributed by atoms with Crippen LogP contribution in [0, 0.1) is 0 Å². The smallest absolute Gasteiger partial charge is 0.164 e. The molecule has 140 valence electrons. The molecule has 0 atom stereocenters. The van der Waals surface area contributed by atoms with Crippen LogP contribution in [-0.2, 0) is 6.54 Å². The zero-order valence-corrected chi connectivity index (χ0v) is 16.1. The Kier molecular flexibility index (Phi) is 7.14. The Labute approximate surface area is 164 Å². The van der Waals surface area contributed by atoms with Crippen molar-refractivity contribution in [2.24, 2.45) is 10.9 Å². The van der Waals surface area contributed by atoms with E-state index in [1.807, 2.05) is 56.3 Å². The molecule has 0 saturated carbocycles. The van der Waals surface area contributed by atoms with Gasteiger partial charge in [-0.3, -0.25) is 0 Å². The molecule has 0 amide bonds. The number of nitrogens with two attached hydrogens (primary N) is 1. The summed E-state index contributed by atoms with van der Waals surface area (Å²) in [5.41, 5.74) is 2.89. The summed E-state index contributed by atoms with van der Waals surface area (Å²) in [6.07, 6.45) is 0. The molecule has 3 aromatic rings. The predicted octanol–water partition coefficient (Wildman–Crippen LogP) is 4.36. The fraction of sp³-hybridized carbons (Fsp3) is 0.143. The monoisotopic (exact) mass is 381 g/mol. The van der Waals surface area contributed by atoms with E-state index in [9.17, 15) is 10.2 Å². The lowest BCUT2D eigenvalue weighted by Gasteiger charge is -2.22. The summed E-state index contributed by atoms with van der Waals surface area (Å²) in [5, 5.41) is 25.6. The van der Waals surface area contributed by atoms with Crippen molar-refractivity contribution in [2.75, 3.05) is 0 Å². The van der Waals surface area contributed by atoms with Crippen LogP contribution in [-0.4, -0.2) is 26.4 Å². The second-order valence-electron chi connectivity index (χ2n) is 5.53. The van der Waals surface area contributed by atoms with Crippen molar-refractivity contribution in [3.05, 3.63) is 71.8 Å². The van der Waals surface area contributed by atoms with Crippen molar-refractivity contribution in [2.45, 2.75) is 20.4 Å².